The van der Waals surface area contributed by atoms with Crippen LogP contribution in [-0.2, 0) is 0 Å². The van der Waals surface area contributed by atoms with Gasteiger partial charge in [-0.2, -0.15) is 0 Å². The SMILES string of the molecule is CCNC(=NCCCN1CCCN(C)CC1)N1CCN(c2ccccc2F)CC1.I. The number of nitrogens with one attached hydrogen (secondary N) is 1. The highest BCUT2D eigenvalue weighted by atomic mass is 127. The smallest absolute Gasteiger partial charge is 0.194 e. The van der Waals surface area contributed by atoms with Crippen LogP contribution in [-0.4, -0.2) is 99.7 Å². The number of guanidine groups is 1. The van der Waals surface area contributed by atoms with Gasteiger partial charge in [-0.15, -0.1) is 24.0 Å². The van der Waals surface area contributed by atoms with Crippen LogP contribution in [0.5, 0.6) is 0 Å². The van der Waals surface area contributed by atoms with E-state index in [-0.39, 0.29) is 29.8 Å². The average Bonchev–Trinajstić information content (AvgIpc) is 2.95. The van der Waals surface area contributed by atoms with Crippen LogP contribution in [0.15, 0.2) is 29.3 Å². The summed E-state index contributed by atoms with van der Waals surface area (Å²) in [6.07, 6.45) is 2.35. The molecule has 1 aromatic carbocycles. The van der Waals surface area contributed by atoms with Crippen LogP contribution < -0.4 is 10.2 Å². The third kappa shape index (κ3) is 7.53. The summed E-state index contributed by atoms with van der Waals surface area (Å²) in [5, 5.41) is 3.44. The van der Waals surface area contributed by atoms with E-state index in [1.165, 1.54) is 25.6 Å². The quantitative estimate of drug-likeness (QED) is 0.264. The number of rotatable bonds is 6. The van der Waals surface area contributed by atoms with Crippen LogP contribution in [0.25, 0.3) is 0 Å². The molecule has 2 saturated heterocycles. The van der Waals surface area contributed by atoms with E-state index in [4.69, 9.17) is 4.99 Å². The molecule has 0 saturated carbocycles. The topological polar surface area (TPSA) is 37.4 Å². The van der Waals surface area contributed by atoms with Gasteiger partial charge in [0.2, 0.25) is 0 Å². The summed E-state index contributed by atoms with van der Waals surface area (Å²) >= 11 is 0. The molecule has 0 spiro atoms. The molecule has 0 aliphatic carbocycles. The lowest BCUT2D eigenvalue weighted by Gasteiger charge is -2.37. The van der Waals surface area contributed by atoms with E-state index in [9.17, 15) is 4.39 Å². The number of para-hydroxylation sites is 1. The summed E-state index contributed by atoms with van der Waals surface area (Å²) < 4.78 is 14.1. The van der Waals surface area contributed by atoms with E-state index in [2.05, 4.69) is 38.9 Å². The van der Waals surface area contributed by atoms with Crippen molar-refractivity contribution in [3.05, 3.63) is 30.1 Å². The number of anilines is 1. The predicted molar refractivity (Wildman–Crippen MR) is 135 cm³/mol. The second kappa shape index (κ2) is 13.3. The molecule has 0 atom stereocenters. The molecule has 1 N–H and O–H groups in total. The minimum atomic E-state index is -0.138. The van der Waals surface area contributed by atoms with Crippen LogP contribution >= 0.6 is 24.0 Å². The van der Waals surface area contributed by atoms with E-state index in [0.29, 0.717) is 5.69 Å². The van der Waals surface area contributed by atoms with Gasteiger partial charge in [-0.25, -0.2) is 4.39 Å². The summed E-state index contributed by atoms with van der Waals surface area (Å²) in [4.78, 5) is 14.3. The second-order valence-corrected chi connectivity index (χ2v) is 8.01. The summed E-state index contributed by atoms with van der Waals surface area (Å²) in [5.74, 6) is 0.859. The highest BCUT2D eigenvalue weighted by molar-refractivity contribution is 14.0. The number of likely N-dealkylation sites (N-methyl/N-ethyl adjacent to an activating group) is 1. The Kier molecular flexibility index (Phi) is 11.2. The first kappa shape index (κ1) is 25.1. The molecule has 0 radical (unpaired) electrons. The van der Waals surface area contributed by atoms with Crippen LogP contribution in [0.2, 0.25) is 0 Å². The number of benzene rings is 1. The van der Waals surface area contributed by atoms with E-state index in [0.717, 1.165) is 71.3 Å². The second-order valence-electron chi connectivity index (χ2n) is 8.01. The minimum Gasteiger partial charge on any atom is -0.366 e. The number of hydrogen-bond acceptors (Lipinski definition) is 4. The number of halogens is 2. The zero-order valence-corrected chi connectivity index (χ0v) is 20.9. The van der Waals surface area contributed by atoms with Crippen molar-refractivity contribution in [2.45, 2.75) is 19.8 Å². The molecule has 2 heterocycles. The molecule has 0 amide bonds. The molecule has 2 aliphatic rings. The van der Waals surface area contributed by atoms with Gasteiger partial charge in [-0.1, -0.05) is 12.1 Å². The molecule has 30 heavy (non-hydrogen) atoms. The summed E-state index contributed by atoms with van der Waals surface area (Å²) in [7, 11) is 2.21. The van der Waals surface area contributed by atoms with Crippen LogP contribution in [0, 0.1) is 5.82 Å². The molecule has 0 bridgehead atoms. The number of aliphatic imine (C=N–C) groups is 1. The maximum Gasteiger partial charge on any atom is 0.194 e. The van der Waals surface area contributed by atoms with Gasteiger partial charge in [-0.3, -0.25) is 4.99 Å². The average molecular weight is 532 g/mol. The number of piperazine rings is 1. The largest absolute Gasteiger partial charge is 0.366 e. The maximum atomic E-state index is 14.1. The van der Waals surface area contributed by atoms with Gasteiger partial charge < -0.3 is 24.9 Å². The van der Waals surface area contributed by atoms with Crippen molar-refractivity contribution < 1.29 is 4.39 Å². The van der Waals surface area contributed by atoms with Gasteiger partial charge in [0.1, 0.15) is 5.82 Å². The van der Waals surface area contributed by atoms with Crippen LogP contribution in [0.4, 0.5) is 10.1 Å². The molecule has 8 heteroatoms. The summed E-state index contributed by atoms with van der Waals surface area (Å²) in [6, 6.07) is 7.05. The Bertz CT molecular complexity index is 650. The Balaban J connectivity index is 0.00000320. The zero-order chi connectivity index (χ0) is 20.5. The van der Waals surface area contributed by atoms with Crippen molar-refractivity contribution in [2.24, 2.45) is 4.99 Å². The van der Waals surface area contributed by atoms with Gasteiger partial charge in [0, 0.05) is 52.4 Å². The first-order valence-corrected chi connectivity index (χ1v) is 11.1. The van der Waals surface area contributed by atoms with Crippen molar-refractivity contribution in [1.82, 2.24) is 20.0 Å². The Morgan fingerprint density at radius 3 is 2.53 bits per heavy atom. The molecule has 3 rings (SSSR count). The molecule has 6 nitrogen and oxygen atoms in total. The number of nitrogens with zero attached hydrogens (tertiary/aromatic N) is 5. The Morgan fingerprint density at radius 1 is 1.03 bits per heavy atom. The van der Waals surface area contributed by atoms with Crippen molar-refractivity contribution in [3.8, 4) is 0 Å². The molecular weight excluding hydrogens is 494 g/mol. The molecular formula is C22H38FIN6. The number of hydrogen-bond donors (Lipinski definition) is 1. The normalized spacial score (nSPS) is 19.4. The molecule has 0 unspecified atom stereocenters. The third-order valence-corrected chi connectivity index (χ3v) is 5.81. The standard InChI is InChI=1S/C22H37FN6.HI/c1-3-24-22(25-10-6-12-27-13-7-11-26(2)14-15-27)29-18-16-28(17-19-29)21-9-5-4-8-20(21)23;/h4-5,8-9H,3,6-7,10-19H2,1-2H3,(H,24,25);1H. The van der Waals surface area contributed by atoms with Crippen LogP contribution in [0.3, 0.4) is 0 Å². The summed E-state index contributed by atoms with van der Waals surface area (Å²) in [6.45, 7) is 13.0. The van der Waals surface area contributed by atoms with Gasteiger partial charge >= 0.3 is 0 Å². The van der Waals surface area contributed by atoms with Gasteiger partial charge in [0.25, 0.3) is 0 Å². The Morgan fingerprint density at radius 2 is 1.80 bits per heavy atom. The molecule has 2 aliphatic heterocycles. The lowest BCUT2D eigenvalue weighted by Crippen LogP contribution is -2.52. The molecule has 170 valence electrons. The van der Waals surface area contributed by atoms with Crippen molar-refractivity contribution in [1.29, 1.82) is 0 Å². The fourth-order valence-electron chi connectivity index (χ4n) is 4.10. The van der Waals surface area contributed by atoms with Gasteiger partial charge in [0.15, 0.2) is 5.96 Å². The highest BCUT2D eigenvalue weighted by Crippen LogP contribution is 2.20. The van der Waals surface area contributed by atoms with E-state index in [1.807, 2.05) is 12.1 Å². The minimum absolute atomic E-state index is 0. The fraction of sp³-hybridized carbons (Fsp3) is 0.682. The van der Waals surface area contributed by atoms with Gasteiger partial charge in [-0.05, 0) is 58.6 Å². The summed E-state index contributed by atoms with van der Waals surface area (Å²) in [5.41, 5.74) is 0.706. The Hall–Kier alpha value is -1.13. The van der Waals surface area contributed by atoms with E-state index >= 15 is 0 Å². The van der Waals surface area contributed by atoms with E-state index in [1.54, 1.807) is 6.07 Å². The highest BCUT2D eigenvalue weighted by Gasteiger charge is 2.21. The molecule has 1 aromatic rings. The zero-order valence-electron chi connectivity index (χ0n) is 18.5. The predicted octanol–water partition coefficient (Wildman–Crippen LogP) is 2.56. The van der Waals surface area contributed by atoms with Crippen molar-refractivity contribution in [3.63, 3.8) is 0 Å². The molecule has 0 aromatic heterocycles. The van der Waals surface area contributed by atoms with Crippen molar-refractivity contribution in [2.75, 3.05) is 83.9 Å². The van der Waals surface area contributed by atoms with E-state index < -0.39 is 0 Å². The maximum absolute atomic E-state index is 14.1. The fourth-order valence-corrected chi connectivity index (χ4v) is 4.10. The first-order chi connectivity index (χ1) is 14.2. The first-order valence-electron chi connectivity index (χ1n) is 11.1. The lowest BCUT2D eigenvalue weighted by molar-refractivity contribution is 0.274. The lowest BCUT2D eigenvalue weighted by atomic mass is 10.2. The van der Waals surface area contributed by atoms with Gasteiger partial charge in [0.05, 0.1) is 5.69 Å². The molecule has 2 fully saturated rings. The van der Waals surface area contributed by atoms with Crippen molar-refractivity contribution >= 4 is 35.6 Å². The van der Waals surface area contributed by atoms with Crippen LogP contribution in [0.1, 0.15) is 19.8 Å². The monoisotopic (exact) mass is 532 g/mol. The Labute approximate surface area is 198 Å². The third-order valence-electron chi connectivity index (χ3n) is 5.81.